The summed E-state index contributed by atoms with van der Waals surface area (Å²) in [6.07, 6.45) is 9.55. The first kappa shape index (κ1) is 12.9. The molecule has 2 aromatic rings. The van der Waals surface area contributed by atoms with Crippen LogP contribution in [0, 0.1) is 0 Å². The van der Waals surface area contributed by atoms with Crippen molar-refractivity contribution in [1.82, 2.24) is 0 Å². The van der Waals surface area contributed by atoms with E-state index in [1.165, 1.54) is 48.0 Å². The van der Waals surface area contributed by atoms with Crippen molar-refractivity contribution < 1.29 is 0 Å². The van der Waals surface area contributed by atoms with Gasteiger partial charge < -0.3 is 0 Å². The summed E-state index contributed by atoms with van der Waals surface area (Å²) < 4.78 is 0. The topological polar surface area (TPSA) is 0 Å². The summed E-state index contributed by atoms with van der Waals surface area (Å²) in [6.45, 7) is 0. The fourth-order valence-electron chi connectivity index (χ4n) is 2.83. The molecule has 0 aliphatic heterocycles. The van der Waals surface area contributed by atoms with Gasteiger partial charge in [-0.15, -0.1) is 0 Å². The van der Waals surface area contributed by atoms with Gasteiger partial charge in [0.05, 0.1) is 0 Å². The summed E-state index contributed by atoms with van der Waals surface area (Å²) in [5, 5.41) is 0. The molecule has 1 aliphatic carbocycles. The van der Waals surface area contributed by atoms with E-state index in [1.807, 2.05) is 0 Å². The largest absolute Gasteiger partial charge is 0.0839 e. The Morgan fingerprint density at radius 2 is 1.30 bits per heavy atom. The molecule has 2 aromatic carbocycles. The van der Waals surface area contributed by atoms with Crippen LogP contribution in [0.1, 0.15) is 36.8 Å². The van der Waals surface area contributed by atoms with Crippen molar-refractivity contribution in [3.8, 4) is 0 Å². The van der Waals surface area contributed by atoms with E-state index in [2.05, 4.69) is 72.8 Å². The predicted octanol–water partition coefficient (Wildman–Crippen LogP) is 5.73. The first-order valence-electron chi connectivity index (χ1n) is 7.46. The van der Waals surface area contributed by atoms with E-state index in [9.17, 15) is 0 Å². The summed E-state index contributed by atoms with van der Waals surface area (Å²) >= 11 is 0. The molecule has 20 heavy (non-hydrogen) atoms. The van der Waals surface area contributed by atoms with Crippen LogP contribution in [-0.4, -0.2) is 0 Å². The lowest BCUT2D eigenvalue weighted by molar-refractivity contribution is 0.767. The van der Waals surface area contributed by atoms with Gasteiger partial charge in [0.15, 0.2) is 0 Å². The van der Waals surface area contributed by atoms with E-state index in [-0.39, 0.29) is 0 Å². The minimum absolute atomic E-state index is 1.17. The van der Waals surface area contributed by atoms with Gasteiger partial charge in [-0.05, 0) is 48.0 Å². The van der Waals surface area contributed by atoms with Gasteiger partial charge in [-0.2, -0.15) is 0 Å². The van der Waals surface area contributed by atoms with Gasteiger partial charge in [-0.3, -0.25) is 0 Å². The molecular formula is C20H20. The maximum atomic E-state index is 2.32. The maximum Gasteiger partial charge on any atom is -0.0149 e. The van der Waals surface area contributed by atoms with Crippen LogP contribution in [-0.2, 0) is 0 Å². The summed E-state index contributed by atoms with van der Waals surface area (Å²) in [5.41, 5.74) is 5.55. The van der Waals surface area contributed by atoms with Gasteiger partial charge in [-0.25, -0.2) is 0 Å². The molecule has 100 valence electrons. The van der Waals surface area contributed by atoms with E-state index in [1.54, 1.807) is 0 Å². The zero-order chi connectivity index (χ0) is 13.6. The van der Waals surface area contributed by atoms with Crippen LogP contribution in [0.3, 0.4) is 0 Å². The Morgan fingerprint density at radius 3 is 2.00 bits per heavy atom. The Bertz CT molecular complexity index is 603. The lowest BCUT2D eigenvalue weighted by Crippen LogP contribution is -1.94. The Balaban J connectivity index is 2.14. The first-order chi connectivity index (χ1) is 9.95. The van der Waals surface area contributed by atoms with Crippen molar-refractivity contribution in [3.05, 3.63) is 83.9 Å². The first-order valence-corrected chi connectivity index (χ1v) is 7.46. The van der Waals surface area contributed by atoms with Crippen molar-refractivity contribution >= 4 is 11.1 Å². The third kappa shape index (κ3) is 2.91. The lowest BCUT2D eigenvalue weighted by atomic mass is 9.89. The van der Waals surface area contributed by atoms with Crippen LogP contribution in [0.4, 0.5) is 0 Å². The Morgan fingerprint density at radius 1 is 0.650 bits per heavy atom. The SMILES string of the molecule is C1=CC(c2ccccc2)=C(c2ccccc2)CCCC1. The minimum atomic E-state index is 1.17. The molecule has 0 radical (unpaired) electrons. The smallest absolute Gasteiger partial charge is 0.0149 e. The van der Waals surface area contributed by atoms with E-state index < -0.39 is 0 Å². The van der Waals surface area contributed by atoms with Gasteiger partial charge in [0.1, 0.15) is 0 Å². The van der Waals surface area contributed by atoms with Gasteiger partial charge in [0.2, 0.25) is 0 Å². The second kappa shape index (κ2) is 6.38. The van der Waals surface area contributed by atoms with E-state index in [0.29, 0.717) is 0 Å². The number of hydrogen-bond acceptors (Lipinski definition) is 0. The third-order valence-electron chi connectivity index (χ3n) is 3.86. The lowest BCUT2D eigenvalue weighted by Gasteiger charge is -2.16. The van der Waals surface area contributed by atoms with E-state index in [0.717, 1.165) is 0 Å². The molecule has 3 rings (SSSR count). The molecule has 1 aliphatic rings. The normalized spacial score (nSPS) is 15.8. The standard InChI is InChI=1S/C20H20/c1-2-10-16-20(18-13-7-4-8-14-18)19(15-9-1)17-11-5-3-6-12-17/h3-9,11-15H,1-2,10,16H2. The van der Waals surface area contributed by atoms with Gasteiger partial charge >= 0.3 is 0 Å². The van der Waals surface area contributed by atoms with Crippen molar-refractivity contribution in [3.63, 3.8) is 0 Å². The summed E-state index contributed by atoms with van der Waals surface area (Å²) in [5.74, 6) is 0. The highest BCUT2D eigenvalue weighted by atomic mass is 14.1. The molecule has 0 spiro atoms. The van der Waals surface area contributed by atoms with Crippen LogP contribution in [0.25, 0.3) is 11.1 Å². The highest BCUT2D eigenvalue weighted by Gasteiger charge is 2.10. The van der Waals surface area contributed by atoms with Gasteiger partial charge in [-0.1, -0.05) is 72.8 Å². The average Bonchev–Trinajstić information content (AvgIpc) is 2.49. The summed E-state index contributed by atoms with van der Waals surface area (Å²) in [6, 6.07) is 21.6. The highest BCUT2D eigenvalue weighted by Crippen LogP contribution is 2.33. The second-order valence-electron chi connectivity index (χ2n) is 5.27. The molecule has 0 heterocycles. The molecule has 0 bridgehead atoms. The monoisotopic (exact) mass is 260 g/mol. The van der Waals surface area contributed by atoms with E-state index >= 15 is 0 Å². The molecule has 0 nitrogen and oxygen atoms in total. The molecule has 0 saturated carbocycles. The van der Waals surface area contributed by atoms with Crippen molar-refractivity contribution in [2.24, 2.45) is 0 Å². The Hall–Kier alpha value is -2.08. The minimum Gasteiger partial charge on any atom is -0.0839 e. The van der Waals surface area contributed by atoms with Crippen molar-refractivity contribution in [2.75, 3.05) is 0 Å². The van der Waals surface area contributed by atoms with Crippen LogP contribution >= 0.6 is 0 Å². The average molecular weight is 260 g/mol. The Labute approximate surface area is 121 Å². The molecular weight excluding hydrogens is 240 g/mol. The molecule has 0 saturated heterocycles. The van der Waals surface area contributed by atoms with Crippen LogP contribution < -0.4 is 0 Å². The fourth-order valence-corrected chi connectivity index (χ4v) is 2.83. The van der Waals surface area contributed by atoms with Crippen LogP contribution in [0.5, 0.6) is 0 Å². The van der Waals surface area contributed by atoms with Crippen molar-refractivity contribution in [1.29, 1.82) is 0 Å². The summed E-state index contributed by atoms with van der Waals surface area (Å²) in [7, 11) is 0. The molecule has 0 atom stereocenters. The number of benzene rings is 2. The molecule has 0 heteroatoms. The van der Waals surface area contributed by atoms with Crippen molar-refractivity contribution in [2.45, 2.75) is 25.7 Å². The summed E-state index contributed by atoms with van der Waals surface area (Å²) in [4.78, 5) is 0. The predicted molar refractivity (Wildman–Crippen MR) is 87.3 cm³/mol. The molecule has 0 amide bonds. The number of allylic oxidation sites excluding steroid dienone is 4. The second-order valence-corrected chi connectivity index (χ2v) is 5.27. The molecule has 0 aromatic heterocycles. The van der Waals surface area contributed by atoms with E-state index in [4.69, 9.17) is 0 Å². The van der Waals surface area contributed by atoms with Crippen LogP contribution in [0.15, 0.2) is 72.8 Å². The molecule has 0 fully saturated rings. The number of hydrogen-bond donors (Lipinski definition) is 0. The molecule has 0 unspecified atom stereocenters. The molecule has 0 N–H and O–H groups in total. The zero-order valence-electron chi connectivity index (χ0n) is 11.8. The number of rotatable bonds is 2. The van der Waals surface area contributed by atoms with Gasteiger partial charge in [0, 0.05) is 0 Å². The van der Waals surface area contributed by atoms with Crippen LogP contribution in [0.2, 0.25) is 0 Å². The van der Waals surface area contributed by atoms with Gasteiger partial charge in [0.25, 0.3) is 0 Å². The maximum absolute atomic E-state index is 2.32. The Kier molecular flexibility index (Phi) is 4.13. The highest BCUT2D eigenvalue weighted by molar-refractivity contribution is 5.95. The zero-order valence-corrected chi connectivity index (χ0v) is 11.8. The fraction of sp³-hybridized carbons (Fsp3) is 0.200. The quantitative estimate of drug-likeness (QED) is 0.647. The third-order valence-corrected chi connectivity index (χ3v) is 3.86.